The number of benzene rings is 1. The van der Waals surface area contributed by atoms with E-state index < -0.39 is 0 Å². The monoisotopic (exact) mass is 343 g/mol. The van der Waals surface area contributed by atoms with Gasteiger partial charge in [-0.15, -0.1) is 0 Å². The van der Waals surface area contributed by atoms with Crippen LogP contribution in [0.25, 0.3) is 0 Å². The Morgan fingerprint density at radius 2 is 2.08 bits per heavy atom. The van der Waals surface area contributed by atoms with Gasteiger partial charge in [0.2, 0.25) is 11.8 Å². The summed E-state index contributed by atoms with van der Waals surface area (Å²) in [4.78, 5) is 29.1. The number of carbonyl (C=O) groups is 2. The van der Waals surface area contributed by atoms with Crippen molar-refractivity contribution in [2.24, 2.45) is 0 Å². The van der Waals surface area contributed by atoms with Gasteiger partial charge in [-0.25, -0.2) is 4.98 Å². The zero-order valence-electron chi connectivity index (χ0n) is 13.2. The predicted molar refractivity (Wildman–Crippen MR) is 93.5 cm³/mol. The molecule has 0 saturated carbocycles. The summed E-state index contributed by atoms with van der Waals surface area (Å²) >= 11 is 1.24. The highest BCUT2D eigenvalue weighted by Gasteiger charge is 2.23. The van der Waals surface area contributed by atoms with Crippen LogP contribution < -0.4 is 10.1 Å². The molecule has 1 saturated heterocycles. The molecule has 1 aliphatic heterocycles. The molecule has 3 rings (SSSR count). The van der Waals surface area contributed by atoms with E-state index in [-0.39, 0.29) is 17.7 Å². The first-order valence-corrected chi connectivity index (χ1v) is 8.51. The molecule has 7 heteroatoms. The number of aryl methyl sites for hydroxylation is 1. The van der Waals surface area contributed by atoms with E-state index in [0.29, 0.717) is 23.9 Å². The van der Waals surface area contributed by atoms with E-state index in [9.17, 15) is 9.59 Å². The van der Waals surface area contributed by atoms with Crippen molar-refractivity contribution in [3.8, 4) is 11.6 Å². The van der Waals surface area contributed by atoms with Crippen LogP contribution >= 0.6 is 11.8 Å². The third-order valence-corrected chi connectivity index (χ3v) is 4.33. The first kappa shape index (κ1) is 16.3. The van der Waals surface area contributed by atoms with Crippen LogP contribution in [-0.4, -0.2) is 39.9 Å². The van der Waals surface area contributed by atoms with E-state index in [0.717, 1.165) is 11.3 Å². The molecule has 1 aliphatic rings. The molecule has 1 aromatic carbocycles. The maximum atomic E-state index is 11.9. The number of nitrogens with zero attached hydrogens (tertiary/aromatic N) is 2. The smallest absolute Gasteiger partial charge is 0.282 e. The third-order valence-electron chi connectivity index (χ3n) is 3.44. The standard InChI is InChI=1S/C17H17N3O3S/c1-12-2-5-14(6-3-12)23-16-7-4-13(10-18-16)19-15(21)11-20-8-9-24-17(20)22/h2-7,10H,8-9,11H2,1H3,(H,19,21). The molecule has 2 aromatic rings. The summed E-state index contributed by atoms with van der Waals surface area (Å²) in [5.41, 5.74) is 1.72. The van der Waals surface area contributed by atoms with Gasteiger partial charge in [0.25, 0.3) is 5.24 Å². The van der Waals surface area contributed by atoms with Crippen LogP contribution in [0, 0.1) is 6.92 Å². The number of hydrogen-bond acceptors (Lipinski definition) is 5. The molecule has 0 unspecified atom stereocenters. The predicted octanol–water partition coefficient (Wildman–Crippen LogP) is 3.29. The summed E-state index contributed by atoms with van der Waals surface area (Å²) in [7, 11) is 0. The molecule has 6 nitrogen and oxygen atoms in total. The Labute approximate surface area is 144 Å². The second-order valence-electron chi connectivity index (χ2n) is 5.38. The summed E-state index contributed by atoms with van der Waals surface area (Å²) in [6.07, 6.45) is 1.53. The second-order valence-corrected chi connectivity index (χ2v) is 6.43. The normalized spacial score (nSPS) is 13.9. The van der Waals surface area contributed by atoms with Crippen molar-refractivity contribution in [1.29, 1.82) is 0 Å². The van der Waals surface area contributed by atoms with Crippen molar-refractivity contribution in [1.82, 2.24) is 9.88 Å². The lowest BCUT2D eigenvalue weighted by Gasteiger charge is -2.14. The Morgan fingerprint density at radius 1 is 1.29 bits per heavy atom. The third kappa shape index (κ3) is 4.26. The van der Waals surface area contributed by atoms with Crippen molar-refractivity contribution in [3.05, 3.63) is 48.2 Å². The summed E-state index contributed by atoms with van der Waals surface area (Å²) in [5.74, 6) is 1.65. The number of thioether (sulfide) groups is 1. The van der Waals surface area contributed by atoms with E-state index in [1.807, 2.05) is 31.2 Å². The zero-order valence-corrected chi connectivity index (χ0v) is 14.0. The van der Waals surface area contributed by atoms with Crippen molar-refractivity contribution in [2.45, 2.75) is 6.92 Å². The number of amides is 2. The number of rotatable bonds is 5. The Hall–Kier alpha value is -2.54. The fraction of sp³-hybridized carbons (Fsp3) is 0.235. The first-order chi connectivity index (χ1) is 11.6. The highest BCUT2D eigenvalue weighted by atomic mass is 32.2. The number of aromatic nitrogens is 1. The lowest BCUT2D eigenvalue weighted by Crippen LogP contribution is -2.33. The largest absolute Gasteiger partial charge is 0.439 e. The Bertz CT molecular complexity index is 732. The minimum atomic E-state index is -0.236. The van der Waals surface area contributed by atoms with E-state index in [2.05, 4.69) is 10.3 Å². The Balaban J connectivity index is 1.55. The highest BCUT2D eigenvalue weighted by molar-refractivity contribution is 8.13. The van der Waals surface area contributed by atoms with Crippen LogP contribution in [0.1, 0.15) is 5.56 Å². The van der Waals surface area contributed by atoms with Gasteiger partial charge in [0, 0.05) is 18.4 Å². The number of nitrogens with one attached hydrogen (secondary N) is 1. The van der Waals surface area contributed by atoms with Gasteiger partial charge >= 0.3 is 0 Å². The molecule has 24 heavy (non-hydrogen) atoms. The van der Waals surface area contributed by atoms with Crippen LogP contribution in [0.3, 0.4) is 0 Å². The molecule has 0 radical (unpaired) electrons. The summed E-state index contributed by atoms with van der Waals surface area (Å²) in [5, 5.41) is 2.68. The minimum Gasteiger partial charge on any atom is -0.439 e. The average molecular weight is 343 g/mol. The van der Waals surface area contributed by atoms with Gasteiger partial charge in [-0.3, -0.25) is 9.59 Å². The topological polar surface area (TPSA) is 71.5 Å². The van der Waals surface area contributed by atoms with Crippen LogP contribution in [0.2, 0.25) is 0 Å². The molecular weight excluding hydrogens is 326 g/mol. The van der Waals surface area contributed by atoms with Crippen molar-refractivity contribution in [2.75, 3.05) is 24.2 Å². The molecule has 1 N–H and O–H groups in total. The fourth-order valence-corrected chi connectivity index (χ4v) is 3.01. The molecule has 1 fully saturated rings. The molecule has 1 aromatic heterocycles. The van der Waals surface area contributed by atoms with Crippen LogP contribution in [0.4, 0.5) is 10.5 Å². The number of ether oxygens (including phenoxy) is 1. The average Bonchev–Trinajstić information content (AvgIpc) is 2.96. The van der Waals surface area contributed by atoms with E-state index in [4.69, 9.17) is 4.74 Å². The van der Waals surface area contributed by atoms with Crippen LogP contribution in [-0.2, 0) is 4.79 Å². The molecule has 0 bridgehead atoms. The highest BCUT2D eigenvalue weighted by Crippen LogP contribution is 2.21. The van der Waals surface area contributed by atoms with E-state index in [1.165, 1.54) is 22.9 Å². The van der Waals surface area contributed by atoms with Gasteiger partial charge in [-0.1, -0.05) is 29.5 Å². The molecular formula is C17H17N3O3S. The number of pyridine rings is 1. The molecule has 2 amide bonds. The SMILES string of the molecule is Cc1ccc(Oc2ccc(NC(=O)CN3CCSC3=O)cn2)cc1. The zero-order chi connectivity index (χ0) is 16.9. The van der Waals surface area contributed by atoms with Gasteiger partial charge in [0.05, 0.1) is 11.9 Å². The van der Waals surface area contributed by atoms with Gasteiger partial charge < -0.3 is 15.0 Å². The van der Waals surface area contributed by atoms with E-state index in [1.54, 1.807) is 12.1 Å². The number of anilines is 1. The van der Waals surface area contributed by atoms with Crippen LogP contribution in [0.5, 0.6) is 11.6 Å². The van der Waals surface area contributed by atoms with Gasteiger partial charge in [0.1, 0.15) is 12.3 Å². The maximum Gasteiger partial charge on any atom is 0.282 e. The summed E-state index contributed by atoms with van der Waals surface area (Å²) < 4.78 is 5.64. The Kier molecular flexibility index (Phi) is 5.00. The molecule has 0 atom stereocenters. The Morgan fingerprint density at radius 3 is 2.71 bits per heavy atom. The number of hydrogen-bond donors (Lipinski definition) is 1. The lowest BCUT2D eigenvalue weighted by molar-refractivity contribution is -0.116. The van der Waals surface area contributed by atoms with Gasteiger partial charge in [0.15, 0.2) is 0 Å². The van der Waals surface area contributed by atoms with Gasteiger partial charge in [-0.2, -0.15) is 0 Å². The maximum absolute atomic E-state index is 11.9. The number of carbonyl (C=O) groups excluding carboxylic acids is 2. The molecule has 2 heterocycles. The minimum absolute atomic E-state index is 0.0508. The quantitative estimate of drug-likeness (QED) is 0.902. The molecule has 0 spiro atoms. The molecule has 0 aliphatic carbocycles. The van der Waals surface area contributed by atoms with Crippen LogP contribution in [0.15, 0.2) is 42.6 Å². The fourth-order valence-electron chi connectivity index (χ4n) is 2.18. The van der Waals surface area contributed by atoms with Crippen molar-refractivity contribution < 1.29 is 14.3 Å². The van der Waals surface area contributed by atoms with E-state index >= 15 is 0 Å². The lowest BCUT2D eigenvalue weighted by atomic mass is 10.2. The second kappa shape index (κ2) is 7.35. The molecule has 124 valence electrons. The first-order valence-electron chi connectivity index (χ1n) is 7.52. The van der Waals surface area contributed by atoms with Gasteiger partial charge in [-0.05, 0) is 25.1 Å². The van der Waals surface area contributed by atoms with Crippen molar-refractivity contribution in [3.63, 3.8) is 0 Å². The summed E-state index contributed by atoms with van der Waals surface area (Å²) in [6.45, 7) is 2.68. The van der Waals surface area contributed by atoms with Crippen molar-refractivity contribution >= 4 is 28.6 Å². The summed E-state index contributed by atoms with van der Waals surface area (Å²) in [6, 6.07) is 11.1.